The van der Waals surface area contributed by atoms with Gasteiger partial charge in [0, 0.05) is 5.39 Å². The Morgan fingerprint density at radius 3 is 2.55 bits per heavy atom. The number of nitrogens with two attached hydrogens (primary N) is 1. The van der Waals surface area contributed by atoms with E-state index in [2.05, 4.69) is 19.6 Å². The van der Waals surface area contributed by atoms with E-state index < -0.39 is 0 Å². The van der Waals surface area contributed by atoms with Gasteiger partial charge in [0.25, 0.3) is 0 Å². The topological polar surface area (TPSA) is 74.6 Å². The standard InChI is InChI=1S/C22H19FN6/c1-13-11-17(29(27-13)16-9-7-15(23)8-10-16)12-28-14(2)25-20-21(28)18-5-3-4-6-19(18)26-22(20)24/h3-11H,12H2,1-2H3,(H2,24,26). The van der Waals surface area contributed by atoms with Crippen LogP contribution in [0.5, 0.6) is 0 Å². The molecule has 2 aromatic carbocycles. The molecular weight excluding hydrogens is 367 g/mol. The van der Waals surface area contributed by atoms with Gasteiger partial charge in [0.1, 0.15) is 17.2 Å². The smallest absolute Gasteiger partial charge is 0.152 e. The molecule has 3 aromatic heterocycles. The highest BCUT2D eigenvalue weighted by molar-refractivity contribution is 6.06. The molecule has 0 radical (unpaired) electrons. The third-order valence-corrected chi connectivity index (χ3v) is 5.10. The second kappa shape index (κ2) is 6.41. The predicted octanol–water partition coefficient (Wildman–Crippen LogP) is 4.16. The van der Waals surface area contributed by atoms with Crippen molar-refractivity contribution in [2.45, 2.75) is 20.4 Å². The molecular formula is C22H19FN6. The molecule has 2 N–H and O–H groups in total. The van der Waals surface area contributed by atoms with E-state index in [-0.39, 0.29) is 5.82 Å². The van der Waals surface area contributed by atoms with Gasteiger partial charge in [-0.2, -0.15) is 5.10 Å². The first-order valence-electron chi connectivity index (χ1n) is 9.34. The first-order chi connectivity index (χ1) is 14.0. The maximum absolute atomic E-state index is 13.4. The molecule has 0 saturated carbocycles. The molecule has 0 fully saturated rings. The minimum Gasteiger partial charge on any atom is -0.382 e. The Kier molecular flexibility index (Phi) is 3.84. The van der Waals surface area contributed by atoms with E-state index in [0.29, 0.717) is 17.9 Å². The van der Waals surface area contributed by atoms with Crippen LogP contribution in [-0.4, -0.2) is 24.3 Å². The largest absolute Gasteiger partial charge is 0.382 e. The van der Waals surface area contributed by atoms with E-state index in [9.17, 15) is 4.39 Å². The van der Waals surface area contributed by atoms with Crippen molar-refractivity contribution in [2.75, 3.05) is 5.73 Å². The first-order valence-corrected chi connectivity index (χ1v) is 9.34. The van der Waals surface area contributed by atoms with Gasteiger partial charge in [0.15, 0.2) is 5.82 Å². The van der Waals surface area contributed by atoms with Crippen LogP contribution < -0.4 is 5.73 Å². The van der Waals surface area contributed by atoms with Gasteiger partial charge in [-0.1, -0.05) is 18.2 Å². The molecule has 0 amide bonds. The van der Waals surface area contributed by atoms with Crippen LogP contribution >= 0.6 is 0 Å². The average molecular weight is 386 g/mol. The second-order valence-electron chi connectivity index (χ2n) is 7.12. The molecule has 5 aromatic rings. The number of aromatic nitrogens is 5. The van der Waals surface area contributed by atoms with E-state index in [1.54, 1.807) is 12.1 Å². The fraction of sp³-hybridized carbons (Fsp3) is 0.136. The fourth-order valence-electron chi connectivity index (χ4n) is 3.80. The molecule has 7 heteroatoms. The van der Waals surface area contributed by atoms with Crippen molar-refractivity contribution in [1.82, 2.24) is 24.3 Å². The zero-order chi connectivity index (χ0) is 20.1. The highest BCUT2D eigenvalue weighted by Crippen LogP contribution is 2.29. The van der Waals surface area contributed by atoms with Gasteiger partial charge in [0.05, 0.1) is 34.7 Å². The van der Waals surface area contributed by atoms with E-state index in [1.807, 2.05) is 48.9 Å². The molecule has 3 heterocycles. The molecule has 29 heavy (non-hydrogen) atoms. The summed E-state index contributed by atoms with van der Waals surface area (Å²) >= 11 is 0. The molecule has 0 unspecified atom stereocenters. The van der Waals surface area contributed by atoms with E-state index in [1.165, 1.54) is 12.1 Å². The Morgan fingerprint density at radius 1 is 1.00 bits per heavy atom. The third kappa shape index (κ3) is 2.82. The van der Waals surface area contributed by atoms with Gasteiger partial charge in [-0.25, -0.2) is 19.0 Å². The molecule has 0 aliphatic rings. The summed E-state index contributed by atoms with van der Waals surface area (Å²) in [6.45, 7) is 4.45. The fourth-order valence-corrected chi connectivity index (χ4v) is 3.80. The molecule has 144 valence electrons. The molecule has 0 spiro atoms. The zero-order valence-electron chi connectivity index (χ0n) is 16.1. The Morgan fingerprint density at radius 2 is 1.76 bits per heavy atom. The summed E-state index contributed by atoms with van der Waals surface area (Å²) in [5.74, 6) is 0.989. The Hall–Kier alpha value is -3.74. The summed E-state index contributed by atoms with van der Waals surface area (Å²) < 4.78 is 17.3. The monoisotopic (exact) mass is 386 g/mol. The first kappa shape index (κ1) is 17.4. The van der Waals surface area contributed by atoms with Crippen molar-refractivity contribution in [2.24, 2.45) is 0 Å². The number of halogens is 1. The molecule has 0 bridgehead atoms. The number of hydrogen-bond donors (Lipinski definition) is 1. The lowest BCUT2D eigenvalue weighted by atomic mass is 10.2. The van der Waals surface area contributed by atoms with Gasteiger partial charge in [-0.05, 0) is 50.2 Å². The number of nitrogen functional groups attached to an aromatic ring is 1. The molecule has 0 saturated heterocycles. The quantitative estimate of drug-likeness (QED) is 0.505. The highest BCUT2D eigenvalue weighted by Gasteiger charge is 2.17. The van der Waals surface area contributed by atoms with Crippen molar-refractivity contribution in [1.29, 1.82) is 0 Å². The number of rotatable bonds is 3. The molecule has 0 aliphatic heterocycles. The van der Waals surface area contributed by atoms with Gasteiger partial charge >= 0.3 is 0 Å². The number of benzene rings is 2. The maximum Gasteiger partial charge on any atom is 0.152 e. The number of pyridine rings is 1. The van der Waals surface area contributed by atoms with E-state index in [0.717, 1.165) is 39.3 Å². The van der Waals surface area contributed by atoms with Crippen LogP contribution in [0, 0.1) is 19.7 Å². The number of imidazole rings is 1. The van der Waals surface area contributed by atoms with Crippen LogP contribution in [0.1, 0.15) is 17.2 Å². The minimum atomic E-state index is -0.273. The molecule has 0 aliphatic carbocycles. The summed E-state index contributed by atoms with van der Waals surface area (Å²) in [7, 11) is 0. The lowest BCUT2D eigenvalue weighted by Crippen LogP contribution is -2.09. The second-order valence-corrected chi connectivity index (χ2v) is 7.12. The van der Waals surface area contributed by atoms with Crippen molar-refractivity contribution in [3.05, 3.63) is 77.6 Å². The molecule has 0 atom stereocenters. The van der Waals surface area contributed by atoms with E-state index in [4.69, 9.17) is 5.73 Å². The Balaban J connectivity index is 1.71. The summed E-state index contributed by atoms with van der Waals surface area (Å²) in [5, 5.41) is 5.61. The number of anilines is 1. The van der Waals surface area contributed by atoms with Gasteiger partial charge in [0.2, 0.25) is 0 Å². The van der Waals surface area contributed by atoms with Crippen LogP contribution in [0.3, 0.4) is 0 Å². The summed E-state index contributed by atoms with van der Waals surface area (Å²) in [6, 6.07) is 16.3. The minimum absolute atomic E-state index is 0.273. The maximum atomic E-state index is 13.4. The number of aryl methyl sites for hydroxylation is 2. The van der Waals surface area contributed by atoms with Crippen LogP contribution in [0.15, 0.2) is 54.6 Å². The summed E-state index contributed by atoms with van der Waals surface area (Å²) in [5.41, 5.74) is 11.3. The number of hydrogen-bond acceptors (Lipinski definition) is 4. The Bertz CT molecular complexity index is 1360. The molecule has 6 nitrogen and oxygen atoms in total. The number of para-hydroxylation sites is 1. The van der Waals surface area contributed by atoms with Gasteiger partial charge in [-0.15, -0.1) is 0 Å². The van der Waals surface area contributed by atoms with Crippen LogP contribution in [0.4, 0.5) is 10.2 Å². The van der Waals surface area contributed by atoms with Crippen LogP contribution in [0.25, 0.3) is 27.6 Å². The normalized spacial score (nSPS) is 11.6. The van der Waals surface area contributed by atoms with Crippen LogP contribution in [-0.2, 0) is 6.54 Å². The highest BCUT2D eigenvalue weighted by atomic mass is 19.1. The third-order valence-electron chi connectivity index (χ3n) is 5.10. The number of nitrogens with zero attached hydrogens (tertiary/aromatic N) is 5. The SMILES string of the molecule is Cc1cc(Cn2c(C)nc3c(N)nc4ccccc4c32)n(-c2ccc(F)cc2)n1. The van der Waals surface area contributed by atoms with Crippen molar-refractivity contribution < 1.29 is 4.39 Å². The predicted molar refractivity (Wildman–Crippen MR) is 112 cm³/mol. The lowest BCUT2D eigenvalue weighted by molar-refractivity contribution is 0.626. The lowest BCUT2D eigenvalue weighted by Gasteiger charge is -2.12. The Labute approximate surface area is 166 Å². The van der Waals surface area contributed by atoms with Gasteiger partial charge in [-0.3, -0.25) is 0 Å². The average Bonchev–Trinajstić information content (AvgIpc) is 3.23. The van der Waals surface area contributed by atoms with Crippen molar-refractivity contribution in [3.63, 3.8) is 0 Å². The zero-order valence-corrected chi connectivity index (χ0v) is 16.1. The summed E-state index contributed by atoms with van der Waals surface area (Å²) in [4.78, 5) is 9.17. The van der Waals surface area contributed by atoms with Crippen molar-refractivity contribution in [3.8, 4) is 5.69 Å². The molecule has 5 rings (SSSR count). The van der Waals surface area contributed by atoms with Gasteiger partial charge < -0.3 is 10.3 Å². The summed E-state index contributed by atoms with van der Waals surface area (Å²) in [6.07, 6.45) is 0. The number of fused-ring (bicyclic) bond motifs is 3. The van der Waals surface area contributed by atoms with Crippen LogP contribution in [0.2, 0.25) is 0 Å². The van der Waals surface area contributed by atoms with E-state index >= 15 is 0 Å². The van der Waals surface area contributed by atoms with Crippen molar-refractivity contribution >= 4 is 27.8 Å².